The molecule has 32 heavy (non-hydrogen) atoms. The van der Waals surface area contributed by atoms with E-state index >= 15 is 0 Å². The monoisotopic (exact) mass is 514 g/mol. The fraction of sp³-hybridized carbons (Fsp3) is 0.312. The predicted molar refractivity (Wildman–Crippen MR) is 117 cm³/mol. The van der Waals surface area contributed by atoms with E-state index in [4.69, 9.17) is 4.74 Å². The molecule has 2 aliphatic heterocycles. The van der Waals surface area contributed by atoms with Gasteiger partial charge in [0.1, 0.15) is 27.2 Å². The third kappa shape index (κ3) is 3.77. The normalized spacial score (nSPS) is 22.2. The summed E-state index contributed by atoms with van der Waals surface area (Å²) in [6, 6.07) is 3.31. The molecule has 2 aromatic rings. The van der Waals surface area contributed by atoms with Gasteiger partial charge in [-0.15, -0.1) is 28.2 Å². The first-order valence-corrected chi connectivity index (χ1v) is 12.4. The van der Waals surface area contributed by atoms with Crippen molar-refractivity contribution in [3.05, 3.63) is 33.7 Å². The Morgan fingerprint density at radius 3 is 2.91 bits per heavy atom. The van der Waals surface area contributed by atoms with Gasteiger partial charge in [-0.25, -0.2) is 14.1 Å². The number of carboxylic acid groups (broad SMARTS) is 1. The Labute approximate surface area is 196 Å². The van der Waals surface area contributed by atoms with E-state index in [1.807, 2.05) is 0 Å². The molecule has 0 aromatic carbocycles. The zero-order valence-electron chi connectivity index (χ0n) is 16.1. The summed E-state index contributed by atoms with van der Waals surface area (Å²) < 4.78 is 17.0. The number of amides is 2. The molecule has 3 N–H and O–H groups in total. The van der Waals surface area contributed by atoms with Crippen LogP contribution in [-0.2, 0) is 30.4 Å². The number of aromatic nitrogens is 4. The number of aliphatic carboxylic acids is 1. The molecule has 1 fully saturated rings. The van der Waals surface area contributed by atoms with Gasteiger partial charge >= 0.3 is 5.97 Å². The van der Waals surface area contributed by atoms with Crippen molar-refractivity contribution in [1.82, 2.24) is 30.8 Å². The van der Waals surface area contributed by atoms with Gasteiger partial charge in [0.25, 0.3) is 17.5 Å². The molecule has 4 rings (SSSR count). The van der Waals surface area contributed by atoms with E-state index in [2.05, 4.69) is 25.9 Å². The molecule has 0 spiro atoms. The van der Waals surface area contributed by atoms with Crippen molar-refractivity contribution >= 4 is 68.8 Å². The van der Waals surface area contributed by atoms with Crippen molar-refractivity contribution in [2.24, 2.45) is 0 Å². The van der Waals surface area contributed by atoms with E-state index in [0.717, 1.165) is 4.90 Å². The maximum absolute atomic E-state index is 13.1. The Balaban J connectivity index is 1.58. The fourth-order valence-corrected chi connectivity index (χ4v) is 6.75. The number of methoxy groups -OCH3 is 1. The highest BCUT2D eigenvalue weighted by Crippen LogP contribution is 2.47. The predicted octanol–water partition coefficient (Wildman–Crippen LogP) is -0.500. The summed E-state index contributed by atoms with van der Waals surface area (Å²) >= 11 is 3.68. The highest BCUT2D eigenvalue weighted by molar-refractivity contribution is 8.01. The first-order valence-electron chi connectivity index (χ1n) is 8.78. The molecule has 0 aliphatic carbocycles. The maximum atomic E-state index is 13.1. The Morgan fingerprint density at radius 2 is 2.31 bits per heavy atom. The van der Waals surface area contributed by atoms with Crippen LogP contribution in [0.3, 0.4) is 0 Å². The van der Waals surface area contributed by atoms with E-state index in [0.29, 0.717) is 15.6 Å². The lowest BCUT2D eigenvalue weighted by atomic mass is 9.98. The van der Waals surface area contributed by atoms with Crippen molar-refractivity contribution in [3.8, 4) is 0 Å². The van der Waals surface area contributed by atoms with Crippen molar-refractivity contribution in [2.75, 3.05) is 18.6 Å². The lowest BCUT2D eigenvalue weighted by Crippen LogP contribution is -2.81. The van der Waals surface area contributed by atoms with Gasteiger partial charge in [0.2, 0.25) is 5.16 Å². The second kappa shape index (κ2) is 9.14. The number of rotatable bonds is 8. The molecular formula is C16H14N6O6S4. The van der Waals surface area contributed by atoms with Crippen molar-refractivity contribution < 1.29 is 28.4 Å². The second-order valence-electron chi connectivity index (χ2n) is 6.37. The molecule has 1 saturated heterocycles. The highest BCUT2D eigenvalue weighted by atomic mass is 32.2. The number of carboxylic acids is 1. The van der Waals surface area contributed by atoms with Gasteiger partial charge in [-0.05, 0) is 27.4 Å². The lowest BCUT2D eigenvalue weighted by molar-refractivity contribution is -0.191. The minimum atomic E-state index is -1.78. The Hall–Kier alpha value is -2.53. The number of aromatic amines is 1. The van der Waals surface area contributed by atoms with Crippen LogP contribution < -0.4 is 5.32 Å². The van der Waals surface area contributed by atoms with Crippen LogP contribution in [0.1, 0.15) is 4.88 Å². The van der Waals surface area contributed by atoms with E-state index in [9.17, 15) is 23.7 Å². The summed E-state index contributed by atoms with van der Waals surface area (Å²) in [7, 11) is 1.25. The van der Waals surface area contributed by atoms with E-state index in [1.165, 1.54) is 42.0 Å². The summed E-state index contributed by atoms with van der Waals surface area (Å²) in [5.41, 5.74) is -1.44. The number of carbonyl (C=O) groups is 3. The number of carbonyl (C=O) groups excluding carboxylic acids is 2. The number of thiophene rings is 1. The van der Waals surface area contributed by atoms with Crippen LogP contribution in [0.2, 0.25) is 0 Å². The Bertz CT molecular complexity index is 1150. The fourth-order valence-electron chi connectivity index (χ4n) is 3.25. The number of hydrogen-bond acceptors (Lipinski definition) is 11. The number of tetrazole rings is 1. The summed E-state index contributed by atoms with van der Waals surface area (Å²) in [5, 5.41) is 26.9. The van der Waals surface area contributed by atoms with Crippen LogP contribution >= 0.6 is 34.9 Å². The Kier molecular flexibility index (Phi) is 6.47. The summed E-state index contributed by atoms with van der Waals surface area (Å²) in [4.78, 5) is 39.4. The molecule has 0 bridgehead atoms. The number of hydrogen-bond donors (Lipinski definition) is 3. The molecule has 0 saturated carbocycles. The van der Waals surface area contributed by atoms with Gasteiger partial charge in [0.15, 0.2) is 0 Å². The number of ether oxygens (including phenoxy) is 1. The molecule has 4 heterocycles. The smallest absolute Gasteiger partial charge is 0.352 e. The van der Waals surface area contributed by atoms with Gasteiger partial charge in [0, 0.05) is 18.6 Å². The number of nitrogens with zero attached hydrogens (tertiary/aromatic N) is 4. The largest absolute Gasteiger partial charge is 0.477 e. The SMILES string of the molecule is CO[C@@]1(NC(=O)C(=S=O)c2cccs2)C(=O)N2C(C(=O)O)=C(CSc3nnn[nH]3)CS[C@@H]21. The average Bonchev–Trinajstić information content (AvgIpc) is 3.50. The highest BCUT2D eigenvalue weighted by Gasteiger charge is 2.66. The molecule has 2 aliphatic rings. The molecule has 2 amide bonds. The molecule has 16 heteroatoms. The number of thioether (sulfide) groups is 2. The van der Waals surface area contributed by atoms with Crippen LogP contribution in [0.25, 0.3) is 0 Å². The van der Waals surface area contributed by atoms with E-state index in [-0.39, 0.29) is 33.3 Å². The van der Waals surface area contributed by atoms with Gasteiger partial charge in [-0.1, -0.05) is 17.8 Å². The van der Waals surface area contributed by atoms with Crippen LogP contribution in [0, 0.1) is 0 Å². The van der Waals surface area contributed by atoms with Crippen LogP contribution in [0.5, 0.6) is 0 Å². The van der Waals surface area contributed by atoms with Crippen molar-refractivity contribution in [2.45, 2.75) is 16.3 Å². The molecular weight excluding hydrogens is 500 g/mol. The molecule has 168 valence electrons. The summed E-state index contributed by atoms with van der Waals surface area (Å²) in [6.45, 7) is 0. The summed E-state index contributed by atoms with van der Waals surface area (Å²) in [6.07, 6.45) is 0. The van der Waals surface area contributed by atoms with Crippen molar-refractivity contribution in [3.63, 3.8) is 0 Å². The third-order valence-corrected chi connectivity index (χ3v) is 8.58. The molecule has 2 aromatic heterocycles. The first kappa shape index (κ1) is 22.7. The standard InChI is InChI=1S/C16H14N6O6S4/c1-28-16(17-11(23)10(32-27)8-3-2-4-29-8)13(26)22-9(12(24)25)7(5-30-14(16)22)6-31-15-18-20-21-19-15/h2-4,14H,5-6H2,1H3,(H,17,23)(H,24,25)(H,18,19,20,21)/t14-,16+/m1/s1. The van der Waals surface area contributed by atoms with Gasteiger partial charge < -0.3 is 15.2 Å². The minimum Gasteiger partial charge on any atom is -0.477 e. The van der Waals surface area contributed by atoms with Crippen LogP contribution in [0.15, 0.2) is 33.9 Å². The van der Waals surface area contributed by atoms with Gasteiger partial charge in [-0.2, -0.15) is 0 Å². The molecule has 0 unspecified atom stereocenters. The van der Waals surface area contributed by atoms with Gasteiger partial charge in [0.05, 0.1) is 4.88 Å². The number of β-lactam (4-membered cyclic amide) rings is 1. The lowest BCUT2D eigenvalue weighted by Gasteiger charge is -2.55. The Morgan fingerprint density at radius 1 is 1.50 bits per heavy atom. The average molecular weight is 515 g/mol. The number of H-pyrrole nitrogens is 1. The second-order valence-corrected chi connectivity index (χ2v) is 9.93. The van der Waals surface area contributed by atoms with Gasteiger partial charge in [-0.3, -0.25) is 14.5 Å². The van der Waals surface area contributed by atoms with Crippen LogP contribution in [-0.4, -0.2) is 87.2 Å². The van der Waals surface area contributed by atoms with E-state index < -0.39 is 28.9 Å². The minimum absolute atomic E-state index is 0.0157. The zero-order chi connectivity index (χ0) is 22.9. The first-order chi connectivity index (χ1) is 15.4. The maximum Gasteiger partial charge on any atom is 0.352 e. The van der Waals surface area contributed by atoms with Crippen molar-refractivity contribution in [1.29, 1.82) is 0 Å². The van der Waals surface area contributed by atoms with E-state index in [1.54, 1.807) is 17.5 Å². The summed E-state index contributed by atoms with van der Waals surface area (Å²) in [5.74, 6) is -2.23. The quantitative estimate of drug-likeness (QED) is 0.137. The number of nitrogens with one attached hydrogen (secondary N) is 2. The third-order valence-electron chi connectivity index (χ3n) is 4.68. The molecule has 2 atom stereocenters. The number of fused-ring (bicyclic) bond motifs is 1. The molecule has 12 nitrogen and oxygen atoms in total. The van der Waals surface area contributed by atoms with Crippen LogP contribution in [0.4, 0.5) is 0 Å². The zero-order valence-corrected chi connectivity index (χ0v) is 19.4. The topological polar surface area (TPSA) is 167 Å². The molecule has 0 radical (unpaired) electrons.